The van der Waals surface area contributed by atoms with E-state index in [1.54, 1.807) is 35.2 Å². The number of aliphatic hydroxyl groups is 2. The Morgan fingerprint density at radius 1 is 1.00 bits per heavy atom. The number of aliphatic hydroxyl groups excluding tert-OH is 2. The zero-order valence-electron chi connectivity index (χ0n) is 19.0. The fourth-order valence-electron chi connectivity index (χ4n) is 4.48. The Kier molecular flexibility index (Phi) is 6.41. The van der Waals surface area contributed by atoms with Gasteiger partial charge in [-0.15, -0.1) is 0 Å². The first-order valence-electron chi connectivity index (χ1n) is 11.5. The molecular weight excluding hydrogens is 446 g/mol. The van der Waals surface area contributed by atoms with Crippen molar-refractivity contribution in [3.63, 3.8) is 0 Å². The molecule has 0 bridgehead atoms. The minimum atomic E-state index is -1.14. The molecule has 2 heterocycles. The molecule has 6 N–H and O–H groups in total. The Balaban J connectivity index is 1.32. The van der Waals surface area contributed by atoms with Crippen LogP contribution in [0.1, 0.15) is 33.9 Å². The summed E-state index contributed by atoms with van der Waals surface area (Å²) in [6.07, 6.45) is 1.10. The Morgan fingerprint density at radius 3 is 2.51 bits per heavy atom. The minimum absolute atomic E-state index is 0.317. The molecule has 35 heavy (non-hydrogen) atoms. The van der Waals surface area contributed by atoms with Crippen molar-refractivity contribution < 1.29 is 15.0 Å². The van der Waals surface area contributed by atoms with Gasteiger partial charge in [-0.3, -0.25) is 4.79 Å². The number of amides is 1. The first kappa shape index (κ1) is 22.9. The number of benzene rings is 2. The molecule has 10 nitrogen and oxygen atoms in total. The van der Waals surface area contributed by atoms with Gasteiger partial charge in [0.05, 0.1) is 18.4 Å². The van der Waals surface area contributed by atoms with Crippen LogP contribution in [0.25, 0.3) is 11.2 Å². The topological polar surface area (TPSA) is 151 Å². The second-order valence-corrected chi connectivity index (χ2v) is 8.65. The van der Waals surface area contributed by atoms with Crippen molar-refractivity contribution in [2.24, 2.45) is 5.73 Å². The molecule has 1 aliphatic rings. The summed E-state index contributed by atoms with van der Waals surface area (Å²) in [7, 11) is 0. The molecule has 0 radical (unpaired) electrons. The second-order valence-electron chi connectivity index (χ2n) is 8.65. The van der Waals surface area contributed by atoms with Crippen LogP contribution >= 0.6 is 0 Å². The summed E-state index contributed by atoms with van der Waals surface area (Å²) in [5.41, 5.74) is 9.20. The van der Waals surface area contributed by atoms with E-state index in [1.807, 2.05) is 30.3 Å². The van der Waals surface area contributed by atoms with Gasteiger partial charge in [0.2, 0.25) is 0 Å². The molecule has 0 saturated heterocycles. The van der Waals surface area contributed by atoms with E-state index < -0.39 is 24.3 Å². The van der Waals surface area contributed by atoms with Crippen LogP contribution in [0.3, 0.4) is 0 Å². The lowest BCUT2D eigenvalue weighted by Gasteiger charge is -2.18. The number of hydrogen-bond donors (Lipinski definition) is 5. The van der Waals surface area contributed by atoms with E-state index in [0.717, 1.165) is 11.1 Å². The largest absolute Gasteiger partial charge is 0.388 e. The number of nitrogens with one attached hydrogen (secondary N) is 2. The normalized spacial score (nSPS) is 21.8. The lowest BCUT2D eigenvalue weighted by molar-refractivity contribution is 0.0143. The van der Waals surface area contributed by atoms with E-state index in [9.17, 15) is 15.0 Å². The SMILES string of the molecule is NCc1ccc(C(=O)N[C@@H]2C[C@H](n3cnc4c(NCc5ccccc5)ncnc43)[C@H](O)[C@@H]2O)cc1. The van der Waals surface area contributed by atoms with Gasteiger partial charge in [-0.05, 0) is 29.7 Å². The molecule has 4 atom stereocenters. The molecular formula is C25H27N7O3. The molecule has 4 aromatic rings. The monoisotopic (exact) mass is 473 g/mol. The number of aromatic nitrogens is 4. The Bertz CT molecular complexity index is 1310. The summed E-state index contributed by atoms with van der Waals surface area (Å²) in [5.74, 6) is 0.257. The zero-order chi connectivity index (χ0) is 24.4. The van der Waals surface area contributed by atoms with Crippen molar-refractivity contribution in [3.8, 4) is 0 Å². The minimum Gasteiger partial charge on any atom is -0.388 e. The van der Waals surface area contributed by atoms with Crippen molar-refractivity contribution >= 4 is 22.9 Å². The third-order valence-electron chi connectivity index (χ3n) is 6.44. The van der Waals surface area contributed by atoms with Gasteiger partial charge in [-0.25, -0.2) is 15.0 Å². The summed E-state index contributed by atoms with van der Waals surface area (Å²) in [4.78, 5) is 25.9. The molecule has 5 rings (SSSR count). The maximum atomic E-state index is 12.7. The van der Waals surface area contributed by atoms with Gasteiger partial charge in [0, 0.05) is 18.7 Å². The van der Waals surface area contributed by atoms with Crippen LogP contribution in [-0.4, -0.2) is 53.9 Å². The fraction of sp³-hybridized carbons (Fsp3) is 0.280. The maximum Gasteiger partial charge on any atom is 0.251 e. The summed E-state index contributed by atoms with van der Waals surface area (Å²) >= 11 is 0. The number of nitrogens with zero attached hydrogens (tertiary/aromatic N) is 4. The first-order valence-corrected chi connectivity index (χ1v) is 11.5. The average Bonchev–Trinajstić information content (AvgIpc) is 3.45. The van der Waals surface area contributed by atoms with Crippen LogP contribution in [0, 0.1) is 0 Å². The number of carbonyl (C=O) groups excluding carboxylic acids is 1. The Hall–Kier alpha value is -3.86. The summed E-state index contributed by atoms with van der Waals surface area (Å²) in [6.45, 7) is 0.966. The third-order valence-corrected chi connectivity index (χ3v) is 6.44. The highest BCUT2D eigenvalue weighted by molar-refractivity contribution is 5.94. The van der Waals surface area contributed by atoms with Crippen molar-refractivity contribution in [2.45, 2.75) is 43.8 Å². The van der Waals surface area contributed by atoms with E-state index in [0.29, 0.717) is 42.1 Å². The van der Waals surface area contributed by atoms with Crippen LogP contribution in [0.2, 0.25) is 0 Å². The lowest BCUT2D eigenvalue weighted by Crippen LogP contribution is -2.43. The van der Waals surface area contributed by atoms with Gasteiger partial charge in [0.1, 0.15) is 24.1 Å². The van der Waals surface area contributed by atoms with E-state index in [4.69, 9.17) is 5.73 Å². The number of anilines is 1. The quantitative estimate of drug-likeness (QED) is 0.270. The van der Waals surface area contributed by atoms with Gasteiger partial charge in [-0.1, -0.05) is 42.5 Å². The van der Waals surface area contributed by atoms with Gasteiger partial charge in [0.25, 0.3) is 5.91 Å². The van der Waals surface area contributed by atoms with Crippen LogP contribution < -0.4 is 16.4 Å². The molecule has 1 fully saturated rings. The predicted molar refractivity (Wildman–Crippen MR) is 130 cm³/mol. The molecule has 0 aliphatic heterocycles. The summed E-state index contributed by atoms with van der Waals surface area (Å²) in [6, 6.07) is 15.7. The molecule has 2 aromatic carbocycles. The van der Waals surface area contributed by atoms with Gasteiger partial charge < -0.3 is 31.1 Å². The van der Waals surface area contributed by atoms with Crippen molar-refractivity contribution in [3.05, 3.63) is 83.9 Å². The fourth-order valence-corrected chi connectivity index (χ4v) is 4.48. The van der Waals surface area contributed by atoms with E-state index in [-0.39, 0.29) is 5.91 Å². The van der Waals surface area contributed by atoms with Crippen molar-refractivity contribution in [2.75, 3.05) is 5.32 Å². The van der Waals surface area contributed by atoms with Gasteiger partial charge in [0.15, 0.2) is 11.5 Å². The zero-order valence-corrected chi connectivity index (χ0v) is 19.0. The number of imidazole rings is 1. The lowest BCUT2D eigenvalue weighted by atomic mass is 10.1. The number of rotatable bonds is 7. The number of nitrogens with two attached hydrogens (primary N) is 1. The smallest absolute Gasteiger partial charge is 0.251 e. The molecule has 1 aliphatic carbocycles. The summed E-state index contributed by atoms with van der Waals surface area (Å²) in [5, 5.41) is 27.6. The molecule has 0 spiro atoms. The van der Waals surface area contributed by atoms with E-state index in [1.165, 1.54) is 6.33 Å². The molecule has 2 aromatic heterocycles. The average molecular weight is 474 g/mol. The first-order chi connectivity index (χ1) is 17.0. The highest BCUT2D eigenvalue weighted by atomic mass is 16.3. The number of fused-ring (bicyclic) bond motifs is 1. The summed E-state index contributed by atoms with van der Waals surface area (Å²) < 4.78 is 1.74. The Labute approximate surface area is 201 Å². The third kappa shape index (κ3) is 4.59. The highest BCUT2D eigenvalue weighted by Gasteiger charge is 2.43. The molecule has 1 amide bonds. The van der Waals surface area contributed by atoms with Crippen LogP contribution in [0.5, 0.6) is 0 Å². The van der Waals surface area contributed by atoms with Crippen LogP contribution in [0.15, 0.2) is 67.3 Å². The Morgan fingerprint density at radius 2 is 1.77 bits per heavy atom. The van der Waals surface area contributed by atoms with E-state index in [2.05, 4.69) is 25.6 Å². The van der Waals surface area contributed by atoms with Gasteiger partial charge >= 0.3 is 0 Å². The maximum absolute atomic E-state index is 12.7. The number of carbonyl (C=O) groups is 1. The second kappa shape index (κ2) is 9.79. The number of hydrogen-bond acceptors (Lipinski definition) is 8. The standard InChI is InChI=1S/C25H27N7O3/c26-11-15-6-8-17(9-7-15)25(35)31-18-10-19(22(34)21(18)33)32-14-30-20-23(28-13-29-24(20)32)27-12-16-4-2-1-3-5-16/h1-9,13-14,18-19,21-22,33-34H,10-12,26H2,(H,31,35)(H,27,28,29)/t18-,19+,21-,22+/m1/s1. The van der Waals surface area contributed by atoms with Gasteiger partial charge in [-0.2, -0.15) is 0 Å². The van der Waals surface area contributed by atoms with E-state index >= 15 is 0 Å². The molecule has 0 unspecified atom stereocenters. The van der Waals surface area contributed by atoms with Crippen molar-refractivity contribution in [1.82, 2.24) is 24.8 Å². The van der Waals surface area contributed by atoms with Crippen LogP contribution in [0.4, 0.5) is 5.82 Å². The predicted octanol–water partition coefficient (Wildman–Crippen LogP) is 1.36. The molecule has 180 valence electrons. The molecule has 1 saturated carbocycles. The highest BCUT2D eigenvalue weighted by Crippen LogP contribution is 2.34. The van der Waals surface area contributed by atoms with Crippen molar-refractivity contribution in [1.29, 1.82) is 0 Å². The molecule has 10 heteroatoms. The van der Waals surface area contributed by atoms with Crippen LogP contribution in [-0.2, 0) is 13.1 Å².